The number of carbonyl (C=O) groups excluding carboxylic acids is 1. The van der Waals surface area contributed by atoms with Gasteiger partial charge in [0.25, 0.3) is 0 Å². The predicted octanol–water partition coefficient (Wildman–Crippen LogP) is 2.36. The van der Waals surface area contributed by atoms with Gasteiger partial charge in [0.1, 0.15) is 5.75 Å². The highest BCUT2D eigenvalue weighted by atomic mass is 32.2. The Kier molecular flexibility index (Phi) is 6.76. The number of hydrogen-bond acceptors (Lipinski definition) is 4. The molecule has 0 aliphatic rings. The fourth-order valence-corrected chi connectivity index (χ4v) is 3.88. The summed E-state index contributed by atoms with van der Waals surface area (Å²) in [4.78, 5) is 14.2. The summed E-state index contributed by atoms with van der Waals surface area (Å²) in [5, 5.41) is 0. The van der Waals surface area contributed by atoms with Gasteiger partial charge in [-0.05, 0) is 29.8 Å². The number of ether oxygens (including phenoxy) is 1. The van der Waals surface area contributed by atoms with Crippen molar-refractivity contribution >= 4 is 15.9 Å². The van der Waals surface area contributed by atoms with Crippen molar-refractivity contribution in [2.75, 3.05) is 27.2 Å². The molecule has 1 amide bonds. The fraction of sp³-hybridized carbons (Fsp3) is 0.316. The second-order valence-corrected chi connectivity index (χ2v) is 7.78. The lowest BCUT2D eigenvalue weighted by Gasteiger charge is -2.24. The predicted molar refractivity (Wildman–Crippen MR) is 100 cm³/mol. The van der Waals surface area contributed by atoms with E-state index in [2.05, 4.69) is 0 Å². The number of carbonyl (C=O) groups is 1. The SMILES string of the molecule is CCN(CC(=O)N(C)Cc1ccccc1)S(=O)(=O)c1ccc(OC)cc1. The summed E-state index contributed by atoms with van der Waals surface area (Å²) in [7, 11) is -0.561. The molecule has 0 saturated heterocycles. The Morgan fingerprint density at radius 3 is 2.19 bits per heavy atom. The molecule has 0 aliphatic heterocycles. The minimum absolute atomic E-state index is 0.138. The molecular weight excluding hydrogens is 352 g/mol. The van der Waals surface area contributed by atoms with Crippen LogP contribution in [0.1, 0.15) is 12.5 Å². The quantitative estimate of drug-likeness (QED) is 0.709. The van der Waals surface area contributed by atoms with Crippen molar-refractivity contribution in [1.82, 2.24) is 9.21 Å². The number of benzene rings is 2. The van der Waals surface area contributed by atoms with E-state index in [1.807, 2.05) is 30.3 Å². The molecule has 0 spiro atoms. The van der Waals surface area contributed by atoms with Crippen LogP contribution in [0.25, 0.3) is 0 Å². The molecule has 0 radical (unpaired) electrons. The third kappa shape index (κ3) is 4.83. The van der Waals surface area contributed by atoms with E-state index in [0.717, 1.165) is 5.56 Å². The summed E-state index contributed by atoms with van der Waals surface area (Å²) in [5.74, 6) is 0.318. The molecule has 0 atom stereocenters. The van der Waals surface area contributed by atoms with E-state index in [1.165, 1.54) is 28.4 Å². The first kappa shape index (κ1) is 19.9. The summed E-state index contributed by atoms with van der Waals surface area (Å²) in [6, 6.07) is 15.7. The summed E-state index contributed by atoms with van der Waals surface area (Å²) in [6.45, 7) is 2.15. The van der Waals surface area contributed by atoms with Crippen LogP contribution in [0.5, 0.6) is 5.75 Å². The molecule has 7 heteroatoms. The Morgan fingerprint density at radius 1 is 1.04 bits per heavy atom. The maximum Gasteiger partial charge on any atom is 0.243 e. The lowest BCUT2D eigenvalue weighted by Crippen LogP contribution is -2.41. The highest BCUT2D eigenvalue weighted by Gasteiger charge is 2.26. The highest BCUT2D eigenvalue weighted by molar-refractivity contribution is 7.89. The monoisotopic (exact) mass is 376 g/mol. The third-order valence-electron chi connectivity index (χ3n) is 4.05. The molecule has 2 rings (SSSR count). The Labute approximate surface area is 155 Å². The first-order valence-corrected chi connectivity index (χ1v) is 9.74. The van der Waals surface area contributed by atoms with E-state index in [-0.39, 0.29) is 23.9 Å². The second-order valence-electron chi connectivity index (χ2n) is 5.84. The van der Waals surface area contributed by atoms with Crippen LogP contribution in [0.2, 0.25) is 0 Å². The smallest absolute Gasteiger partial charge is 0.243 e. The summed E-state index contributed by atoms with van der Waals surface area (Å²) in [6.07, 6.45) is 0. The van der Waals surface area contributed by atoms with E-state index in [1.54, 1.807) is 26.1 Å². The van der Waals surface area contributed by atoms with Gasteiger partial charge in [0, 0.05) is 20.1 Å². The van der Waals surface area contributed by atoms with Crippen LogP contribution in [0.4, 0.5) is 0 Å². The molecule has 0 aliphatic carbocycles. The minimum atomic E-state index is -3.75. The zero-order chi connectivity index (χ0) is 19.2. The van der Waals surface area contributed by atoms with Gasteiger partial charge < -0.3 is 9.64 Å². The summed E-state index contributed by atoms with van der Waals surface area (Å²) >= 11 is 0. The summed E-state index contributed by atoms with van der Waals surface area (Å²) < 4.78 is 31.8. The van der Waals surface area contributed by atoms with E-state index < -0.39 is 10.0 Å². The molecule has 2 aromatic rings. The number of rotatable bonds is 8. The van der Waals surface area contributed by atoms with Crippen molar-refractivity contribution < 1.29 is 17.9 Å². The van der Waals surface area contributed by atoms with Crippen LogP contribution < -0.4 is 4.74 Å². The van der Waals surface area contributed by atoms with Crippen molar-refractivity contribution in [2.45, 2.75) is 18.4 Å². The molecule has 0 bridgehead atoms. The number of methoxy groups -OCH3 is 1. The molecule has 0 N–H and O–H groups in total. The Bertz CT molecular complexity index is 820. The zero-order valence-electron chi connectivity index (χ0n) is 15.3. The molecule has 0 fully saturated rings. The van der Waals surface area contributed by atoms with Gasteiger partial charge in [-0.3, -0.25) is 4.79 Å². The Balaban J connectivity index is 2.10. The number of hydrogen-bond donors (Lipinski definition) is 0. The number of nitrogens with zero attached hydrogens (tertiary/aromatic N) is 2. The molecule has 0 aromatic heterocycles. The zero-order valence-corrected chi connectivity index (χ0v) is 16.1. The van der Waals surface area contributed by atoms with Crippen LogP contribution >= 0.6 is 0 Å². The van der Waals surface area contributed by atoms with E-state index >= 15 is 0 Å². The van der Waals surface area contributed by atoms with E-state index in [4.69, 9.17) is 4.74 Å². The van der Waals surface area contributed by atoms with Crippen molar-refractivity contribution in [3.8, 4) is 5.75 Å². The van der Waals surface area contributed by atoms with Gasteiger partial charge in [-0.2, -0.15) is 4.31 Å². The number of sulfonamides is 1. The van der Waals surface area contributed by atoms with Gasteiger partial charge >= 0.3 is 0 Å². The van der Waals surface area contributed by atoms with Crippen molar-refractivity contribution in [3.63, 3.8) is 0 Å². The number of likely N-dealkylation sites (N-methyl/N-ethyl adjacent to an activating group) is 2. The van der Waals surface area contributed by atoms with Crippen LogP contribution in [0.3, 0.4) is 0 Å². The molecule has 140 valence electrons. The molecule has 2 aromatic carbocycles. The highest BCUT2D eigenvalue weighted by Crippen LogP contribution is 2.19. The second kappa shape index (κ2) is 8.82. The molecule has 6 nitrogen and oxygen atoms in total. The average Bonchev–Trinajstić information content (AvgIpc) is 2.66. The van der Waals surface area contributed by atoms with Gasteiger partial charge in [0.2, 0.25) is 15.9 Å². The largest absolute Gasteiger partial charge is 0.497 e. The normalized spacial score (nSPS) is 11.4. The first-order chi connectivity index (χ1) is 12.4. The lowest BCUT2D eigenvalue weighted by molar-refractivity contribution is -0.130. The van der Waals surface area contributed by atoms with Crippen molar-refractivity contribution in [1.29, 1.82) is 0 Å². The average molecular weight is 376 g/mol. The van der Waals surface area contributed by atoms with Gasteiger partial charge in [-0.1, -0.05) is 37.3 Å². The third-order valence-corrected chi connectivity index (χ3v) is 5.98. The summed E-state index contributed by atoms with van der Waals surface area (Å²) in [5.41, 5.74) is 0.990. The van der Waals surface area contributed by atoms with Crippen LogP contribution in [-0.4, -0.2) is 50.8 Å². The van der Waals surface area contributed by atoms with Gasteiger partial charge in [-0.15, -0.1) is 0 Å². The molecule has 0 heterocycles. The van der Waals surface area contributed by atoms with Crippen LogP contribution in [0.15, 0.2) is 59.5 Å². The van der Waals surface area contributed by atoms with Crippen molar-refractivity contribution in [2.24, 2.45) is 0 Å². The molecular formula is C19H24N2O4S. The van der Waals surface area contributed by atoms with Crippen LogP contribution in [0, 0.1) is 0 Å². The molecule has 0 saturated carbocycles. The van der Waals surface area contributed by atoms with Crippen molar-refractivity contribution in [3.05, 3.63) is 60.2 Å². The Hall–Kier alpha value is -2.38. The fourth-order valence-electron chi connectivity index (χ4n) is 2.48. The van der Waals surface area contributed by atoms with Gasteiger partial charge in [0.15, 0.2) is 0 Å². The van der Waals surface area contributed by atoms with E-state index in [9.17, 15) is 13.2 Å². The molecule has 0 unspecified atom stereocenters. The minimum Gasteiger partial charge on any atom is -0.497 e. The Morgan fingerprint density at radius 2 is 1.65 bits per heavy atom. The van der Waals surface area contributed by atoms with Gasteiger partial charge in [-0.25, -0.2) is 8.42 Å². The molecule has 26 heavy (non-hydrogen) atoms. The standard InChI is InChI=1S/C19H24N2O4S/c1-4-21(26(23,24)18-12-10-17(25-3)11-13-18)15-19(22)20(2)14-16-8-6-5-7-9-16/h5-13H,4,14-15H2,1-3H3. The van der Waals surface area contributed by atoms with Crippen LogP contribution in [-0.2, 0) is 21.4 Å². The first-order valence-electron chi connectivity index (χ1n) is 8.30. The van der Waals surface area contributed by atoms with E-state index in [0.29, 0.717) is 12.3 Å². The lowest BCUT2D eigenvalue weighted by atomic mass is 10.2. The maximum atomic E-state index is 12.8. The maximum absolute atomic E-state index is 12.8. The van der Waals surface area contributed by atoms with Gasteiger partial charge in [0.05, 0.1) is 18.6 Å². The number of amides is 1. The topological polar surface area (TPSA) is 66.9 Å².